The quantitative estimate of drug-likeness (QED) is 0.641. The number of aromatic nitrogens is 1. The number of benzene rings is 1. The van der Waals surface area contributed by atoms with Crippen molar-refractivity contribution in [3.8, 4) is 0 Å². The molecule has 0 aliphatic heterocycles. The van der Waals surface area contributed by atoms with Gasteiger partial charge in [-0.15, -0.1) is 0 Å². The average molecular weight is 414 g/mol. The summed E-state index contributed by atoms with van der Waals surface area (Å²) in [5.41, 5.74) is 6.64. The molecular formula is C28H31NO2. The molecule has 2 N–H and O–H groups in total. The molecule has 31 heavy (non-hydrogen) atoms. The van der Waals surface area contributed by atoms with Crippen LogP contribution in [0.25, 0.3) is 16.3 Å². The zero-order chi connectivity index (χ0) is 21.2. The summed E-state index contributed by atoms with van der Waals surface area (Å²) in [5.74, 6) is 1.04. The van der Waals surface area contributed by atoms with Crippen molar-refractivity contribution < 1.29 is 10.2 Å². The van der Waals surface area contributed by atoms with Gasteiger partial charge >= 0.3 is 0 Å². The molecule has 1 saturated carbocycles. The maximum atomic E-state index is 11.3. The lowest BCUT2D eigenvalue weighted by Gasteiger charge is -2.43. The second-order valence-electron chi connectivity index (χ2n) is 10.4. The van der Waals surface area contributed by atoms with E-state index in [0.717, 1.165) is 44.9 Å². The molecule has 3 heteroatoms. The minimum absolute atomic E-state index is 0.0400. The predicted molar refractivity (Wildman–Crippen MR) is 124 cm³/mol. The van der Waals surface area contributed by atoms with Gasteiger partial charge in [0.1, 0.15) is 0 Å². The first-order chi connectivity index (χ1) is 15.0. The Balaban J connectivity index is 1.38. The average Bonchev–Trinajstić information content (AvgIpc) is 2.98. The van der Waals surface area contributed by atoms with Crippen molar-refractivity contribution in [2.45, 2.75) is 64.1 Å². The summed E-state index contributed by atoms with van der Waals surface area (Å²) in [5, 5.41) is 23.9. The first kappa shape index (κ1) is 19.5. The van der Waals surface area contributed by atoms with Crippen molar-refractivity contribution in [2.24, 2.45) is 17.3 Å². The number of pyridine rings is 1. The molecule has 5 atom stereocenters. The lowest BCUT2D eigenvalue weighted by molar-refractivity contribution is 0.124. The number of hydrogen-bond donors (Lipinski definition) is 2. The number of rotatable bonds is 1. The van der Waals surface area contributed by atoms with E-state index >= 15 is 0 Å². The van der Waals surface area contributed by atoms with Gasteiger partial charge < -0.3 is 10.2 Å². The molecular weight excluding hydrogens is 382 g/mol. The van der Waals surface area contributed by atoms with Crippen molar-refractivity contribution in [3.63, 3.8) is 0 Å². The van der Waals surface area contributed by atoms with E-state index in [2.05, 4.69) is 48.3 Å². The highest BCUT2D eigenvalue weighted by Crippen LogP contribution is 2.59. The van der Waals surface area contributed by atoms with E-state index in [4.69, 9.17) is 0 Å². The van der Waals surface area contributed by atoms with Gasteiger partial charge in [-0.3, -0.25) is 4.98 Å². The summed E-state index contributed by atoms with van der Waals surface area (Å²) in [6, 6.07) is 8.76. The fourth-order valence-electron chi connectivity index (χ4n) is 6.99. The van der Waals surface area contributed by atoms with Gasteiger partial charge in [0.25, 0.3) is 0 Å². The number of hydrogen-bond acceptors (Lipinski definition) is 3. The largest absolute Gasteiger partial charge is 0.393 e. The van der Waals surface area contributed by atoms with E-state index in [1.807, 2.05) is 12.4 Å². The van der Waals surface area contributed by atoms with Crippen molar-refractivity contribution in [2.75, 3.05) is 0 Å². The number of allylic oxidation sites excluding steroid dienone is 3. The Morgan fingerprint density at radius 3 is 2.87 bits per heavy atom. The molecule has 4 aliphatic carbocycles. The van der Waals surface area contributed by atoms with Crippen LogP contribution in [0.3, 0.4) is 0 Å². The molecule has 0 bridgehead atoms. The van der Waals surface area contributed by atoms with Crippen LogP contribution in [0.4, 0.5) is 0 Å². The molecule has 2 aromatic rings. The topological polar surface area (TPSA) is 53.4 Å². The minimum atomic E-state index is -0.426. The van der Waals surface area contributed by atoms with Crippen molar-refractivity contribution in [1.82, 2.24) is 4.98 Å². The predicted octanol–water partition coefficient (Wildman–Crippen LogP) is 5.59. The number of fused-ring (bicyclic) bond motifs is 4. The molecule has 1 heterocycles. The Kier molecular flexibility index (Phi) is 4.49. The fraction of sp³-hybridized carbons (Fsp3) is 0.464. The van der Waals surface area contributed by atoms with E-state index in [1.54, 1.807) is 0 Å². The molecule has 0 saturated heterocycles. The van der Waals surface area contributed by atoms with Gasteiger partial charge in [-0.1, -0.05) is 42.4 Å². The van der Waals surface area contributed by atoms with Crippen LogP contribution in [0.5, 0.6) is 0 Å². The molecule has 1 aromatic heterocycles. The van der Waals surface area contributed by atoms with Gasteiger partial charge in [0.2, 0.25) is 0 Å². The van der Waals surface area contributed by atoms with Crippen molar-refractivity contribution in [3.05, 3.63) is 71.1 Å². The standard InChI is InChI=1S/C28H31NO2/c1-28-15-27(31)24-14-20-13-22(30)6-4-17(20)5-7-23(24)26(28)9-8-25(28)19-3-2-18-10-11-29-16-21(18)12-19/h2-3,8,10-12,14,16-17,22,26-27,30-31H,4-7,9,13,15H2,1H3. The van der Waals surface area contributed by atoms with Crippen LogP contribution in [-0.4, -0.2) is 27.4 Å². The molecule has 0 radical (unpaired) electrons. The molecule has 0 spiro atoms. The summed E-state index contributed by atoms with van der Waals surface area (Å²) in [4.78, 5) is 4.31. The molecule has 0 amide bonds. The smallest absolute Gasteiger partial charge is 0.0798 e. The summed E-state index contributed by atoms with van der Waals surface area (Å²) in [6.45, 7) is 2.37. The van der Waals surface area contributed by atoms with Crippen molar-refractivity contribution in [1.29, 1.82) is 0 Å². The van der Waals surface area contributed by atoms with E-state index in [9.17, 15) is 10.2 Å². The third-order valence-electron chi connectivity index (χ3n) is 8.61. The van der Waals surface area contributed by atoms with Gasteiger partial charge in [-0.2, -0.15) is 0 Å². The molecule has 1 aromatic carbocycles. The molecule has 160 valence electrons. The SMILES string of the molecule is CC12CC(O)C3=C(CCC4CCC(O)CC4=C3)C1CC=C2c1ccc2ccncc2c1. The van der Waals surface area contributed by atoms with Crippen LogP contribution >= 0.6 is 0 Å². The van der Waals surface area contributed by atoms with Gasteiger partial charge in [0.05, 0.1) is 12.2 Å². The van der Waals surface area contributed by atoms with Crippen molar-refractivity contribution >= 4 is 16.3 Å². The van der Waals surface area contributed by atoms with Crippen LogP contribution in [0.2, 0.25) is 0 Å². The van der Waals surface area contributed by atoms with Crippen LogP contribution in [-0.2, 0) is 0 Å². The maximum Gasteiger partial charge on any atom is 0.0798 e. The van der Waals surface area contributed by atoms with E-state index < -0.39 is 6.10 Å². The number of aliphatic hydroxyl groups excluding tert-OH is 2. The molecule has 4 aliphatic rings. The molecule has 5 unspecified atom stereocenters. The lowest BCUT2D eigenvalue weighted by atomic mass is 9.61. The Morgan fingerprint density at radius 2 is 1.97 bits per heavy atom. The second-order valence-corrected chi connectivity index (χ2v) is 10.4. The monoisotopic (exact) mass is 413 g/mol. The minimum Gasteiger partial charge on any atom is -0.393 e. The number of nitrogens with zero attached hydrogens (tertiary/aromatic N) is 1. The van der Waals surface area contributed by atoms with E-state index in [0.29, 0.717) is 11.8 Å². The summed E-state index contributed by atoms with van der Waals surface area (Å²) < 4.78 is 0. The molecule has 6 rings (SSSR count). The maximum absolute atomic E-state index is 11.3. The van der Waals surface area contributed by atoms with Crippen LogP contribution in [0.1, 0.15) is 57.4 Å². The fourth-order valence-corrected chi connectivity index (χ4v) is 6.99. The zero-order valence-electron chi connectivity index (χ0n) is 18.2. The third-order valence-corrected chi connectivity index (χ3v) is 8.61. The normalized spacial score (nSPS) is 35.1. The summed E-state index contributed by atoms with van der Waals surface area (Å²) in [6.07, 6.45) is 14.7. The highest BCUT2D eigenvalue weighted by Gasteiger charge is 2.49. The molecule has 3 nitrogen and oxygen atoms in total. The first-order valence-corrected chi connectivity index (χ1v) is 11.9. The number of aliphatic hydroxyl groups is 2. The van der Waals surface area contributed by atoms with Crippen LogP contribution < -0.4 is 0 Å². The highest BCUT2D eigenvalue weighted by molar-refractivity contribution is 5.87. The summed E-state index contributed by atoms with van der Waals surface area (Å²) >= 11 is 0. The Labute approximate surface area is 184 Å². The third kappa shape index (κ3) is 3.05. The summed E-state index contributed by atoms with van der Waals surface area (Å²) in [7, 11) is 0. The van der Waals surface area contributed by atoms with E-state index in [-0.39, 0.29) is 11.5 Å². The Hall–Kier alpha value is -2.23. The molecule has 1 fully saturated rings. The van der Waals surface area contributed by atoms with Gasteiger partial charge in [0.15, 0.2) is 0 Å². The van der Waals surface area contributed by atoms with Crippen LogP contribution in [0.15, 0.2) is 65.5 Å². The zero-order valence-corrected chi connectivity index (χ0v) is 18.2. The van der Waals surface area contributed by atoms with Gasteiger partial charge in [-0.25, -0.2) is 0 Å². The van der Waals surface area contributed by atoms with Gasteiger partial charge in [0, 0.05) is 23.2 Å². The van der Waals surface area contributed by atoms with Gasteiger partial charge in [-0.05, 0) is 91.0 Å². The van der Waals surface area contributed by atoms with E-state index in [1.165, 1.54) is 38.6 Å². The first-order valence-electron chi connectivity index (χ1n) is 11.9. The highest BCUT2D eigenvalue weighted by atomic mass is 16.3. The Bertz CT molecular complexity index is 1140. The Morgan fingerprint density at radius 1 is 1.06 bits per heavy atom. The second kappa shape index (κ2) is 7.15. The van der Waals surface area contributed by atoms with Crippen LogP contribution in [0, 0.1) is 17.3 Å². The lowest BCUT2D eigenvalue weighted by Crippen LogP contribution is -2.37.